The van der Waals surface area contributed by atoms with Crippen LogP contribution < -0.4 is 16.0 Å². The molecule has 150 valence electrons. The number of nitrogens with one attached hydrogen (secondary N) is 3. The smallest absolute Gasteiger partial charge is 0.242 e. The Morgan fingerprint density at radius 1 is 1.15 bits per heavy atom. The summed E-state index contributed by atoms with van der Waals surface area (Å²) in [6, 6.07) is 4.65. The number of nitrogens with zero attached hydrogens (tertiary/aromatic N) is 1. The van der Waals surface area contributed by atoms with Crippen LogP contribution in [0.4, 0.5) is 5.69 Å². The van der Waals surface area contributed by atoms with E-state index in [9.17, 15) is 14.4 Å². The van der Waals surface area contributed by atoms with E-state index in [0.29, 0.717) is 23.8 Å². The lowest BCUT2D eigenvalue weighted by Gasteiger charge is -2.21. The van der Waals surface area contributed by atoms with Crippen LogP contribution in [0.25, 0.3) is 0 Å². The van der Waals surface area contributed by atoms with Crippen molar-refractivity contribution in [1.29, 1.82) is 0 Å². The molecule has 27 heavy (non-hydrogen) atoms. The fraction of sp³-hybridized carbons (Fsp3) is 0.526. The molecule has 1 aromatic carbocycles. The molecule has 3 N–H and O–H groups in total. The highest BCUT2D eigenvalue weighted by atomic mass is 35.5. The van der Waals surface area contributed by atoms with Crippen LogP contribution in [0.3, 0.4) is 0 Å². The summed E-state index contributed by atoms with van der Waals surface area (Å²) in [5, 5.41) is 8.73. The second-order valence-electron chi connectivity index (χ2n) is 6.39. The molecule has 0 aromatic heterocycles. The van der Waals surface area contributed by atoms with Crippen LogP contribution in [0.5, 0.6) is 0 Å². The van der Waals surface area contributed by atoms with Crippen LogP contribution in [-0.2, 0) is 14.4 Å². The first-order valence-corrected chi connectivity index (χ1v) is 9.50. The minimum absolute atomic E-state index is 0.0316. The number of likely N-dealkylation sites (N-methyl/N-ethyl adjacent to an activating group) is 1. The Kier molecular flexibility index (Phi) is 9.82. The van der Waals surface area contributed by atoms with Gasteiger partial charge in [0.1, 0.15) is 6.04 Å². The first-order valence-electron chi connectivity index (χ1n) is 9.12. The van der Waals surface area contributed by atoms with E-state index in [1.54, 1.807) is 24.0 Å². The second-order valence-corrected chi connectivity index (χ2v) is 6.83. The minimum atomic E-state index is -0.620. The van der Waals surface area contributed by atoms with Gasteiger partial charge in [-0.05, 0) is 44.5 Å². The summed E-state index contributed by atoms with van der Waals surface area (Å²) >= 11 is 5.96. The molecule has 0 bridgehead atoms. The lowest BCUT2D eigenvalue weighted by molar-refractivity contribution is -0.129. The standard InChI is InChI=1S/C19H29ClN4O3/c1-5-9-21-19(27)14(4)22-17(25)11-24(6-2)12-18(26)23-16-10-15(20)8-7-13(16)3/h7-8,10,14H,5-6,9,11-12H2,1-4H3,(H,21,27)(H,22,25)(H,23,26)/t14-/m1/s1. The zero-order chi connectivity index (χ0) is 20.4. The van der Waals surface area contributed by atoms with Crippen molar-refractivity contribution in [2.45, 2.75) is 40.2 Å². The Morgan fingerprint density at radius 3 is 2.44 bits per heavy atom. The summed E-state index contributed by atoms with van der Waals surface area (Å²) in [7, 11) is 0. The number of carbonyl (C=O) groups excluding carboxylic acids is 3. The van der Waals surface area contributed by atoms with Crippen molar-refractivity contribution in [3.05, 3.63) is 28.8 Å². The SMILES string of the molecule is CCCNC(=O)[C@@H](C)NC(=O)CN(CC)CC(=O)Nc1cc(Cl)ccc1C. The molecule has 0 spiro atoms. The van der Waals surface area contributed by atoms with Gasteiger partial charge in [-0.3, -0.25) is 19.3 Å². The predicted molar refractivity (Wildman–Crippen MR) is 108 cm³/mol. The monoisotopic (exact) mass is 396 g/mol. The topological polar surface area (TPSA) is 90.5 Å². The molecule has 1 atom stereocenters. The normalized spacial score (nSPS) is 11.8. The highest BCUT2D eigenvalue weighted by Gasteiger charge is 2.18. The number of carbonyl (C=O) groups is 3. The molecule has 7 nitrogen and oxygen atoms in total. The van der Waals surface area contributed by atoms with Gasteiger partial charge in [0.15, 0.2) is 0 Å². The molecular formula is C19H29ClN4O3. The van der Waals surface area contributed by atoms with Gasteiger partial charge in [-0.1, -0.05) is 31.5 Å². The molecule has 3 amide bonds. The average molecular weight is 397 g/mol. The number of anilines is 1. The quantitative estimate of drug-likeness (QED) is 0.563. The maximum absolute atomic E-state index is 12.3. The van der Waals surface area contributed by atoms with E-state index in [4.69, 9.17) is 11.6 Å². The maximum Gasteiger partial charge on any atom is 0.242 e. The van der Waals surface area contributed by atoms with Crippen LogP contribution >= 0.6 is 11.6 Å². The molecule has 0 aliphatic carbocycles. The van der Waals surface area contributed by atoms with Gasteiger partial charge in [-0.25, -0.2) is 0 Å². The van der Waals surface area contributed by atoms with Gasteiger partial charge < -0.3 is 16.0 Å². The van der Waals surface area contributed by atoms with E-state index in [1.165, 1.54) is 0 Å². The summed E-state index contributed by atoms with van der Waals surface area (Å²) in [6.07, 6.45) is 0.831. The van der Waals surface area contributed by atoms with E-state index in [2.05, 4.69) is 16.0 Å². The number of amides is 3. The predicted octanol–water partition coefficient (Wildman–Crippen LogP) is 1.94. The molecule has 1 rings (SSSR count). The van der Waals surface area contributed by atoms with Gasteiger partial charge in [0, 0.05) is 17.3 Å². The number of hydrogen-bond donors (Lipinski definition) is 3. The molecule has 0 aliphatic rings. The highest BCUT2D eigenvalue weighted by Crippen LogP contribution is 2.20. The first-order chi connectivity index (χ1) is 12.8. The van der Waals surface area contributed by atoms with Crippen molar-refractivity contribution in [2.24, 2.45) is 0 Å². The molecule has 8 heteroatoms. The van der Waals surface area contributed by atoms with Gasteiger partial charge in [0.2, 0.25) is 17.7 Å². The minimum Gasteiger partial charge on any atom is -0.354 e. The molecule has 0 saturated heterocycles. The van der Waals surface area contributed by atoms with Crippen molar-refractivity contribution in [1.82, 2.24) is 15.5 Å². The first kappa shape index (κ1) is 22.9. The molecule has 0 heterocycles. The van der Waals surface area contributed by atoms with Gasteiger partial charge in [0.25, 0.3) is 0 Å². The molecule has 0 saturated carbocycles. The highest BCUT2D eigenvalue weighted by molar-refractivity contribution is 6.31. The largest absolute Gasteiger partial charge is 0.354 e. The Morgan fingerprint density at radius 2 is 1.81 bits per heavy atom. The molecule has 0 unspecified atom stereocenters. The van der Waals surface area contributed by atoms with Crippen molar-refractivity contribution < 1.29 is 14.4 Å². The molecule has 1 aromatic rings. The zero-order valence-electron chi connectivity index (χ0n) is 16.4. The Bertz CT molecular complexity index is 666. The average Bonchev–Trinajstić information content (AvgIpc) is 2.61. The van der Waals surface area contributed by atoms with E-state index in [1.807, 2.05) is 26.8 Å². The summed E-state index contributed by atoms with van der Waals surface area (Å²) in [5.41, 5.74) is 1.55. The van der Waals surface area contributed by atoms with Gasteiger partial charge >= 0.3 is 0 Å². The lowest BCUT2D eigenvalue weighted by Crippen LogP contribution is -2.48. The van der Waals surface area contributed by atoms with Crippen molar-refractivity contribution in [3.8, 4) is 0 Å². The van der Waals surface area contributed by atoms with Crippen molar-refractivity contribution in [3.63, 3.8) is 0 Å². The molecule has 0 aliphatic heterocycles. The van der Waals surface area contributed by atoms with Gasteiger partial charge in [-0.15, -0.1) is 0 Å². The van der Waals surface area contributed by atoms with E-state index in [-0.39, 0.29) is 30.8 Å². The summed E-state index contributed by atoms with van der Waals surface area (Å²) in [4.78, 5) is 38.0. The van der Waals surface area contributed by atoms with E-state index >= 15 is 0 Å². The number of aryl methyl sites for hydroxylation is 1. The van der Waals surface area contributed by atoms with Gasteiger partial charge in [-0.2, -0.15) is 0 Å². The maximum atomic E-state index is 12.3. The molecule has 0 radical (unpaired) electrons. The van der Waals surface area contributed by atoms with Crippen molar-refractivity contribution >= 4 is 35.0 Å². The second kappa shape index (κ2) is 11.6. The fourth-order valence-electron chi connectivity index (χ4n) is 2.36. The summed E-state index contributed by atoms with van der Waals surface area (Å²) in [5.74, 6) is -0.756. The lowest BCUT2D eigenvalue weighted by atomic mass is 10.2. The Hall–Kier alpha value is -2.12. The Balaban J connectivity index is 2.52. The van der Waals surface area contributed by atoms with Gasteiger partial charge in [0.05, 0.1) is 13.1 Å². The summed E-state index contributed by atoms with van der Waals surface area (Å²) < 4.78 is 0. The van der Waals surface area contributed by atoms with Crippen LogP contribution in [0.2, 0.25) is 5.02 Å². The number of halogens is 1. The fourth-order valence-corrected chi connectivity index (χ4v) is 2.53. The molecule has 0 fully saturated rings. The van der Waals surface area contributed by atoms with Crippen LogP contribution in [0.1, 0.15) is 32.8 Å². The third-order valence-electron chi connectivity index (χ3n) is 3.98. The number of benzene rings is 1. The van der Waals surface area contributed by atoms with Crippen LogP contribution in [0.15, 0.2) is 18.2 Å². The van der Waals surface area contributed by atoms with E-state index < -0.39 is 6.04 Å². The van der Waals surface area contributed by atoms with E-state index in [0.717, 1.165) is 12.0 Å². The Labute approximate surface area is 165 Å². The summed E-state index contributed by atoms with van der Waals surface area (Å²) in [6.45, 7) is 8.52. The third kappa shape index (κ3) is 8.41. The van der Waals surface area contributed by atoms with Crippen LogP contribution in [-0.4, -0.2) is 54.8 Å². The number of hydrogen-bond acceptors (Lipinski definition) is 4. The third-order valence-corrected chi connectivity index (χ3v) is 4.21. The zero-order valence-corrected chi connectivity index (χ0v) is 17.2. The van der Waals surface area contributed by atoms with Crippen LogP contribution in [0, 0.1) is 6.92 Å². The molecular weight excluding hydrogens is 368 g/mol. The number of rotatable bonds is 10. The van der Waals surface area contributed by atoms with Crippen molar-refractivity contribution in [2.75, 3.05) is 31.5 Å².